The molecule has 0 radical (unpaired) electrons. The predicted molar refractivity (Wildman–Crippen MR) is 77.0 cm³/mol. The lowest BCUT2D eigenvalue weighted by Crippen LogP contribution is -2.31. The molecule has 0 saturated heterocycles. The quantitative estimate of drug-likeness (QED) is 0.714. The molecule has 1 rings (SSSR count). The Morgan fingerprint density at radius 1 is 1.22 bits per heavy atom. The minimum Gasteiger partial charge on any atom is -0.383 e. The fraction of sp³-hybridized carbons (Fsp3) is 0.600. The van der Waals surface area contributed by atoms with Crippen LogP contribution < -0.4 is 5.32 Å². The third-order valence-electron chi connectivity index (χ3n) is 3.17. The summed E-state index contributed by atoms with van der Waals surface area (Å²) in [5.74, 6) is 0. The average Bonchev–Trinajstić information content (AvgIpc) is 2.36. The Bertz CT molecular complexity index is 352. The van der Waals surface area contributed by atoms with Crippen LogP contribution in [0.25, 0.3) is 0 Å². The third kappa shape index (κ3) is 5.63. The molecule has 0 spiro atoms. The van der Waals surface area contributed by atoms with Crippen LogP contribution in [0, 0.1) is 13.8 Å². The van der Waals surface area contributed by atoms with Gasteiger partial charge in [0.1, 0.15) is 0 Å². The van der Waals surface area contributed by atoms with Crippen molar-refractivity contribution in [3.8, 4) is 0 Å². The van der Waals surface area contributed by atoms with Crippen LogP contribution >= 0.6 is 0 Å². The standard InChI is InChI=1S/C15H26N2O/c1-13-5-6-14(2)15(11-13)12-16-7-8-17(3)9-10-18-4/h5-6,11,16H,7-10,12H2,1-4H3. The highest BCUT2D eigenvalue weighted by Gasteiger charge is 2.00. The summed E-state index contributed by atoms with van der Waals surface area (Å²) < 4.78 is 5.05. The van der Waals surface area contributed by atoms with Crippen molar-refractivity contribution in [1.29, 1.82) is 0 Å². The van der Waals surface area contributed by atoms with Gasteiger partial charge in [-0.05, 0) is 32.0 Å². The molecule has 0 amide bonds. The van der Waals surface area contributed by atoms with E-state index >= 15 is 0 Å². The second kappa shape index (κ2) is 8.25. The summed E-state index contributed by atoms with van der Waals surface area (Å²) in [6.07, 6.45) is 0. The Morgan fingerprint density at radius 2 is 2.00 bits per heavy atom. The second-order valence-electron chi connectivity index (χ2n) is 4.90. The van der Waals surface area contributed by atoms with Gasteiger partial charge in [-0.2, -0.15) is 0 Å². The molecule has 0 fully saturated rings. The lowest BCUT2D eigenvalue weighted by Gasteiger charge is -2.16. The molecule has 0 heterocycles. The van der Waals surface area contributed by atoms with E-state index in [2.05, 4.69) is 49.3 Å². The van der Waals surface area contributed by atoms with Gasteiger partial charge in [-0.1, -0.05) is 23.8 Å². The first-order valence-electron chi connectivity index (χ1n) is 6.58. The SMILES string of the molecule is COCCN(C)CCNCc1cc(C)ccc1C. The van der Waals surface area contributed by atoms with Crippen LogP contribution in [0.1, 0.15) is 16.7 Å². The number of hydrogen-bond donors (Lipinski definition) is 1. The maximum atomic E-state index is 5.05. The Labute approximate surface area is 111 Å². The van der Waals surface area contributed by atoms with Crippen molar-refractivity contribution < 1.29 is 4.74 Å². The Balaban J connectivity index is 2.23. The smallest absolute Gasteiger partial charge is 0.0589 e. The number of rotatable bonds is 8. The number of ether oxygens (including phenoxy) is 1. The lowest BCUT2D eigenvalue weighted by molar-refractivity contribution is 0.161. The van der Waals surface area contributed by atoms with Crippen molar-refractivity contribution in [1.82, 2.24) is 10.2 Å². The van der Waals surface area contributed by atoms with Crippen LogP contribution in [0.3, 0.4) is 0 Å². The van der Waals surface area contributed by atoms with E-state index in [0.717, 1.165) is 32.8 Å². The molecular formula is C15H26N2O. The van der Waals surface area contributed by atoms with Crippen LogP contribution in [0.4, 0.5) is 0 Å². The summed E-state index contributed by atoms with van der Waals surface area (Å²) in [5.41, 5.74) is 4.09. The molecule has 0 aromatic heterocycles. The number of methoxy groups -OCH3 is 1. The normalized spacial score (nSPS) is 11.2. The second-order valence-corrected chi connectivity index (χ2v) is 4.90. The molecule has 0 aliphatic carbocycles. The van der Waals surface area contributed by atoms with Crippen molar-refractivity contribution in [2.75, 3.05) is 40.4 Å². The van der Waals surface area contributed by atoms with E-state index in [1.54, 1.807) is 7.11 Å². The first-order chi connectivity index (χ1) is 8.63. The maximum absolute atomic E-state index is 5.05. The van der Waals surface area contributed by atoms with Crippen LogP contribution in [0.15, 0.2) is 18.2 Å². The highest BCUT2D eigenvalue weighted by atomic mass is 16.5. The van der Waals surface area contributed by atoms with Crippen molar-refractivity contribution >= 4 is 0 Å². The molecule has 3 heteroatoms. The highest BCUT2D eigenvalue weighted by molar-refractivity contribution is 5.30. The topological polar surface area (TPSA) is 24.5 Å². The molecule has 0 aliphatic rings. The largest absolute Gasteiger partial charge is 0.383 e. The van der Waals surface area contributed by atoms with Gasteiger partial charge in [0.05, 0.1) is 6.61 Å². The van der Waals surface area contributed by atoms with Crippen molar-refractivity contribution in [2.45, 2.75) is 20.4 Å². The zero-order valence-corrected chi connectivity index (χ0v) is 12.1. The molecule has 0 saturated carbocycles. The molecule has 0 atom stereocenters. The van der Waals surface area contributed by atoms with Crippen molar-refractivity contribution in [3.05, 3.63) is 34.9 Å². The molecule has 0 unspecified atom stereocenters. The van der Waals surface area contributed by atoms with Crippen LogP contribution in [0.2, 0.25) is 0 Å². The van der Waals surface area contributed by atoms with Gasteiger partial charge in [0, 0.05) is 33.3 Å². The Kier molecular flexibility index (Phi) is 6.94. The van der Waals surface area contributed by atoms with Gasteiger partial charge in [-0.25, -0.2) is 0 Å². The van der Waals surface area contributed by atoms with Gasteiger partial charge < -0.3 is 15.0 Å². The van der Waals surface area contributed by atoms with Gasteiger partial charge in [-0.15, -0.1) is 0 Å². The minimum atomic E-state index is 0.799. The van der Waals surface area contributed by atoms with Gasteiger partial charge in [0.25, 0.3) is 0 Å². The fourth-order valence-electron chi connectivity index (χ4n) is 1.84. The first kappa shape index (κ1) is 15.2. The molecule has 18 heavy (non-hydrogen) atoms. The van der Waals surface area contributed by atoms with Crippen molar-refractivity contribution in [3.63, 3.8) is 0 Å². The zero-order chi connectivity index (χ0) is 13.4. The molecule has 3 nitrogen and oxygen atoms in total. The molecule has 1 aromatic carbocycles. The van der Waals surface area contributed by atoms with Crippen LogP contribution in [-0.4, -0.2) is 45.3 Å². The van der Waals surface area contributed by atoms with Gasteiger partial charge in [0.2, 0.25) is 0 Å². The van der Waals surface area contributed by atoms with Crippen LogP contribution in [-0.2, 0) is 11.3 Å². The van der Waals surface area contributed by atoms with Crippen molar-refractivity contribution in [2.24, 2.45) is 0 Å². The molecule has 1 N–H and O–H groups in total. The summed E-state index contributed by atoms with van der Waals surface area (Å²) in [7, 11) is 3.87. The maximum Gasteiger partial charge on any atom is 0.0589 e. The zero-order valence-electron chi connectivity index (χ0n) is 12.1. The number of benzene rings is 1. The lowest BCUT2D eigenvalue weighted by atomic mass is 10.1. The fourth-order valence-corrected chi connectivity index (χ4v) is 1.84. The van der Waals surface area contributed by atoms with Gasteiger partial charge in [-0.3, -0.25) is 0 Å². The van der Waals surface area contributed by atoms with E-state index in [9.17, 15) is 0 Å². The van der Waals surface area contributed by atoms with Gasteiger partial charge >= 0.3 is 0 Å². The summed E-state index contributed by atoms with van der Waals surface area (Å²) in [4.78, 5) is 2.28. The summed E-state index contributed by atoms with van der Waals surface area (Å²) in [6, 6.07) is 6.62. The van der Waals surface area contributed by atoms with E-state index in [4.69, 9.17) is 4.74 Å². The number of nitrogens with zero attached hydrogens (tertiary/aromatic N) is 1. The van der Waals surface area contributed by atoms with E-state index in [1.807, 2.05) is 0 Å². The Hall–Kier alpha value is -0.900. The minimum absolute atomic E-state index is 0.799. The van der Waals surface area contributed by atoms with E-state index in [-0.39, 0.29) is 0 Å². The third-order valence-corrected chi connectivity index (χ3v) is 3.17. The number of aryl methyl sites for hydroxylation is 2. The average molecular weight is 250 g/mol. The number of nitrogens with one attached hydrogen (secondary N) is 1. The molecule has 102 valence electrons. The monoisotopic (exact) mass is 250 g/mol. The predicted octanol–water partition coefficient (Wildman–Crippen LogP) is 1.97. The molecular weight excluding hydrogens is 224 g/mol. The molecule has 0 bridgehead atoms. The van der Waals surface area contributed by atoms with Crippen LogP contribution in [0.5, 0.6) is 0 Å². The van der Waals surface area contributed by atoms with E-state index in [1.165, 1.54) is 16.7 Å². The number of likely N-dealkylation sites (N-methyl/N-ethyl adjacent to an activating group) is 1. The summed E-state index contributed by atoms with van der Waals surface area (Å²) in [5, 5.41) is 3.49. The highest BCUT2D eigenvalue weighted by Crippen LogP contribution is 2.09. The first-order valence-corrected chi connectivity index (χ1v) is 6.58. The summed E-state index contributed by atoms with van der Waals surface area (Å²) in [6.45, 7) is 9.10. The van der Waals surface area contributed by atoms with Gasteiger partial charge in [0.15, 0.2) is 0 Å². The summed E-state index contributed by atoms with van der Waals surface area (Å²) >= 11 is 0. The van der Waals surface area contributed by atoms with E-state index in [0.29, 0.717) is 0 Å². The molecule has 0 aliphatic heterocycles. The molecule has 1 aromatic rings. The van der Waals surface area contributed by atoms with E-state index < -0.39 is 0 Å². The Morgan fingerprint density at radius 3 is 2.72 bits per heavy atom. The number of hydrogen-bond acceptors (Lipinski definition) is 3.